The fourth-order valence-corrected chi connectivity index (χ4v) is 2.36. The number of anilines is 1. The molecule has 18 heavy (non-hydrogen) atoms. The molecule has 1 aromatic rings. The minimum absolute atomic E-state index is 0.253. The van der Waals surface area contributed by atoms with Gasteiger partial charge in [0.1, 0.15) is 5.69 Å². The van der Waals surface area contributed by atoms with Crippen LogP contribution in [-0.4, -0.2) is 64.7 Å². The maximum Gasteiger partial charge on any atom is 0.271 e. The number of hydrogen-bond acceptors (Lipinski definition) is 7. The van der Waals surface area contributed by atoms with E-state index in [9.17, 15) is 9.90 Å². The van der Waals surface area contributed by atoms with Crippen LogP contribution in [0.15, 0.2) is 5.38 Å². The van der Waals surface area contributed by atoms with Crippen molar-refractivity contribution in [3.05, 3.63) is 11.1 Å². The first-order valence-electron chi connectivity index (χ1n) is 5.55. The van der Waals surface area contributed by atoms with E-state index in [1.165, 1.54) is 11.3 Å². The number of rotatable bonds is 5. The standard InChI is InChI=1S/C10H15N3O4S/c14-3-6(4-15)11-9(17)8-5-18-10(12-8)13-1-7(16)2-13/h5-7,14-16H,1-4H2,(H,11,17). The van der Waals surface area contributed by atoms with Gasteiger partial charge in [0.15, 0.2) is 5.13 Å². The molecule has 0 spiro atoms. The number of aromatic nitrogens is 1. The topological polar surface area (TPSA) is 106 Å². The number of aliphatic hydroxyl groups excluding tert-OH is 3. The molecule has 1 aromatic heterocycles. The van der Waals surface area contributed by atoms with Crippen molar-refractivity contribution >= 4 is 22.4 Å². The zero-order valence-corrected chi connectivity index (χ0v) is 10.4. The van der Waals surface area contributed by atoms with Crippen LogP contribution in [0.3, 0.4) is 0 Å². The molecule has 0 bridgehead atoms. The summed E-state index contributed by atoms with van der Waals surface area (Å²) in [5, 5.41) is 31.7. The van der Waals surface area contributed by atoms with Crippen molar-refractivity contribution in [2.75, 3.05) is 31.2 Å². The van der Waals surface area contributed by atoms with E-state index in [4.69, 9.17) is 10.2 Å². The van der Waals surface area contributed by atoms with E-state index in [1.807, 2.05) is 4.90 Å². The quantitative estimate of drug-likeness (QED) is 0.515. The van der Waals surface area contributed by atoms with Crippen LogP contribution in [0.1, 0.15) is 10.5 Å². The Morgan fingerprint density at radius 1 is 1.56 bits per heavy atom. The molecule has 1 amide bonds. The van der Waals surface area contributed by atoms with Crippen molar-refractivity contribution < 1.29 is 20.1 Å². The summed E-state index contributed by atoms with van der Waals surface area (Å²) in [4.78, 5) is 17.7. The Kier molecular flexibility index (Phi) is 4.12. The SMILES string of the molecule is O=C(NC(CO)CO)c1csc(N2CC(O)C2)n1. The summed E-state index contributed by atoms with van der Waals surface area (Å²) in [6.45, 7) is 0.421. The van der Waals surface area contributed by atoms with Crippen molar-refractivity contribution in [2.24, 2.45) is 0 Å². The largest absolute Gasteiger partial charge is 0.394 e. The lowest BCUT2D eigenvalue weighted by atomic mass is 10.2. The summed E-state index contributed by atoms with van der Waals surface area (Å²) in [7, 11) is 0. The van der Waals surface area contributed by atoms with Gasteiger partial charge < -0.3 is 25.5 Å². The second kappa shape index (κ2) is 5.61. The second-order valence-corrected chi connectivity index (χ2v) is 4.95. The smallest absolute Gasteiger partial charge is 0.271 e. The third kappa shape index (κ3) is 2.78. The Morgan fingerprint density at radius 3 is 2.78 bits per heavy atom. The van der Waals surface area contributed by atoms with Crippen LogP contribution < -0.4 is 10.2 Å². The summed E-state index contributed by atoms with van der Waals surface area (Å²) in [5.41, 5.74) is 0.253. The van der Waals surface area contributed by atoms with Crippen molar-refractivity contribution in [1.82, 2.24) is 10.3 Å². The Hall–Kier alpha value is -1.22. The van der Waals surface area contributed by atoms with Gasteiger partial charge in [-0.25, -0.2) is 4.98 Å². The molecule has 1 saturated heterocycles. The minimum Gasteiger partial charge on any atom is -0.394 e. The Bertz CT molecular complexity index is 415. The Balaban J connectivity index is 1.95. The summed E-state index contributed by atoms with van der Waals surface area (Å²) >= 11 is 1.32. The molecular formula is C10H15N3O4S. The number of nitrogens with zero attached hydrogens (tertiary/aromatic N) is 2. The third-order valence-electron chi connectivity index (χ3n) is 2.63. The van der Waals surface area contributed by atoms with Crippen molar-refractivity contribution in [1.29, 1.82) is 0 Å². The molecular weight excluding hydrogens is 258 g/mol. The van der Waals surface area contributed by atoms with Gasteiger partial charge in [-0.2, -0.15) is 0 Å². The van der Waals surface area contributed by atoms with E-state index in [-0.39, 0.29) is 25.0 Å². The number of carbonyl (C=O) groups is 1. The molecule has 0 saturated carbocycles. The first kappa shape index (κ1) is 13.2. The van der Waals surface area contributed by atoms with Gasteiger partial charge in [0.05, 0.1) is 25.4 Å². The van der Waals surface area contributed by atoms with E-state index in [0.29, 0.717) is 18.2 Å². The number of β-amino-alcohol motifs (C(OH)–C–C–N with tert-alkyl or cyclic N) is 1. The molecule has 0 aliphatic carbocycles. The van der Waals surface area contributed by atoms with Crippen LogP contribution in [0, 0.1) is 0 Å². The first-order valence-corrected chi connectivity index (χ1v) is 6.43. The molecule has 2 rings (SSSR count). The van der Waals surface area contributed by atoms with Gasteiger partial charge in [0.25, 0.3) is 5.91 Å². The van der Waals surface area contributed by atoms with Crippen LogP contribution in [0.2, 0.25) is 0 Å². The fraction of sp³-hybridized carbons (Fsp3) is 0.600. The van der Waals surface area contributed by atoms with Gasteiger partial charge in [-0.05, 0) is 0 Å². The van der Waals surface area contributed by atoms with Gasteiger partial charge in [-0.3, -0.25) is 4.79 Å². The molecule has 100 valence electrons. The lowest BCUT2D eigenvalue weighted by Crippen LogP contribution is -2.50. The van der Waals surface area contributed by atoms with Crippen LogP contribution in [0.25, 0.3) is 0 Å². The molecule has 7 nitrogen and oxygen atoms in total. The highest BCUT2D eigenvalue weighted by molar-refractivity contribution is 7.14. The highest BCUT2D eigenvalue weighted by atomic mass is 32.1. The molecule has 4 N–H and O–H groups in total. The molecule has 8 heteroatoms. The van der Waals surface area contributed by atoms with E-state index < -0.39 is 11.9 Å². The molecule has 2 heterocycles. The zero-order valence-electron chi connectivity index (χ0n) is 9.61. The molecule has 1 fully saturated rings. The highest BCUT2D eigenvalue weighted by Gasteiger charge is 2.27. The van der Waals surface area contributed by atoms with Gasteiger partial charge in [-0.1, -0.05) is 0 Å². The van der Waals surface area contributed by atoms with Gasteiger partial charge in [0.2, 0.25) is 0 Å². The van der Waals surface area contributed by atoms with Gasteiger partial charge >= 0.3 is 0 Å². The van der Waals surface area contributed by atoms with E-state index in [0.717, 1.165) is 0 Å². The molecule has 0 radical (unpaired) electrons. The lowest BCUT2D eigenvalue weighted by Gasteiger charge is -2.35. The predicted molar refractivity (Wildman–Crippen MR) is 65.8 cm³/mol. The highest BCUT2D eigenvalue weighted by Crippen LogP contribution is 2.24. The first-order chi connectivity index (χ1) is 8.63. The van der Waals surface area contributed by atoms with E-state index in [1.54, 1.807) is 5.38 Å². The Morgan fingerprint density at radius 2 is 2.22 bits per heavy atom. The summed E-state index contributed by atoms with van der Waals surface area (Å²) in [6.07, 6.45) is -0.320. The third-order valence-corrected chi connectivity index (χ3v) is 3.53. The number of thiazole rings is 1. The molecule has 1 aliphatic heterocycles. The maximum atomic E-state index is 11.7. The zero-order chi connectivity index (χ0) is 13.1. The van der Waals surface area contributed by atoms with Gasteiger partial charge in [-0.15, -0.1) is 11.3 Å². The van der Waals surface area contributed by atoms with Crippen molar-refractivity contribution in [3.8, 4) is 0 Å². The van der Waals surface area contributed by atoms with E-state index in [2.05, 4.69) is 10.3 Å². The van der Waals surface area contributed by atoms with Gasteiger partial charge in [0, 0.05) is 18.5 Å². The van der Waals surface area contributed by atoms with Crippen molar-refractivity contribution in [3.63, 3.8) is 0 Å². The number of aliphatic hydroxyl groups is 3. The van der Waals surface area contributed by atoms with Crippen LogP contribution in [-0.2, 0) is 0 Å². The minimum atomic E-state index is -0.673. The number of hydrogen-bond donors (Lipinski definition) is 4. The lowest BCUT2D eigenvalue weighted by molar-refractivity contribution is 0.0875. The van der Waals surface area contributed by atoms with Crippen LogP contribution in [0.5, 0.6) is 0 Å². The van der Waals surface area contributed by atoms with Crippen LogP contribution in [0.4, 0.5) is 5.13 Å². The summed E-state index contributed by atoms with van der Waals surface area (Å²) in [6, 6.07) is -0.673. The average molecular weight is 273 g/mol. The fourth-order valence-electron chi connectivity index (χ4n) is 1.53. The Labute approximate surface area is 108 Å². The molecule has 0 atom stereocenters. The van der Waals surface area contributed by atoms with Crippen molar-refractivity contribution in [2.45, 2.75) is 12.1 Å². The van der Waals surface area contributed by atoms with Crippen LogP contribution >= 0.6 is 11.3 Å². The summed E-state index contributed by atoms with van der Waals surface area (Å²) < 4.78 is 0. The molecule has 0 aromatic carbocycles. The molecule has 0 unspecified atom stereocenters. The molecule has 1 aliphatic rings. The number of amides is 1. The maximum absolute atomic E-state index is 11.7. The second-order valence-electron chi connectivity index (χ2n) is 4.11. The predicted octanol–water partition coefficient (Wildman–Crippen LogP) is -1.59. The number of nitrogens with one attached hydrogen (secondary N) is 1. The average Bonchev–Trinajstić information content (AvgIpc) is 2.81. The number of carbonyl (C=O) groups excluding carboxylic acids is 1. The monoisotopic (exact) mass is 273 g/mol. The van der Waals surface area contributed by atoms with E-state index >= 15 is 0 Å². The normalized spacial score (nSPS) is 15.9. The summed E-state index contributed by atoms with van der Waals surface area (Å²) in [5.74, 6) is -0.424.